The Kier molecular flexibility index (Phi) is 8.86. The second kappa shape index (κ2) is 11.0. The van der Waals surface area contributed by atoms with Crippen LogP contribution in [0.2, 0.25) is 0 Å². The monoisotopic (exact) mass is 463 g/mol. The average molecular weight is 464 g/mol. The zero-order valence-electron chi connectivity index (χ0n) is 19.3. The van der Waals surface area contributed by atoms with Crippen LogP contribution < -0.4 is 10.6 Å². The number of carbonyl (C=O) groups is 4. The molecule has 3 atom stereocenters. The summed E-state index contributed by atoms with van der Waals surface area (Å²) in [6.45, 7) is 8.77. The molecule has 9 heteroatoms. The molecule has 1 saturated heterocycles. The molecule has 3 N–H and O–H groups in total. The van der Waals surface area contributed by atoms with Crippen molar-refractivity contribution >= 4 is 35.3 Å². The summed E-state index contributed by atoms with van der Waals surface area (Å²) >= 11 is 1.42. The zero-order valence-corrected chi connectivity index (χ0v) is 20.1. The highest BCUT2D eigenvalue weighted by atomic mass is 32.2. The number of hydrogen-bond donors (Lipinski definition) is 3. The molecule has 0 spiro atoms. The molecule has 0 radical (unpaired) electrons. The van der Waals surface area contributed by atoms with Crippen molar-refractivity contribution in [3.05, 3.63) is 35.9 Å². The fraction of sp³-hybridized carbons (Fsp3) is 0.565. The van der Waals surface area contributed by atoms with Crippen molar-refractivity contribution in [1.82, 2.24) is 15.5 Å². The van der Waals surface area contributed by atoms with E-state index in [0.717, 1.165) is 5.56 Å². The van der Waals surface area contributed by atoms with Crippen LogP contribution in [-0.2, 0) is 25.6 Å². The average Bonchev–Trinajstić information content (AvgIpc) is 3.21. The highest BCUT2D eigenvalue weighted by Gasteiger charge is 2.41. The minimum absolute atomic E-state index is 0.157. The lowest BCUT2D eigenvalue weighted by Gasteiger charge is -2.31. The van der Waals surface area contributed by atoms with E-state index in [4.69, 9.17) is 0 Å². The van der Waals surface area contributed by atoms with Gasteiger partial charge >= 0.3 is 0 Å². The predicted molar refractivity (Wildman–Crippen MR) is 124 cm³/mol. The largest absolute Gasteiger partial charge is 0.381 e. The smallest absolute Gasteiger partial charge is 0.287 e. The minimum Gasteiger partial charge on any atom is -0.381 e. The Bertz CT molecular complexity index is 838. The second-order valence-corrected chi connectivity index (χ2v) is 10.3. The van der Waals surface area contributed by atoms with Crippen molar-refractivity contribution in [3.8, 4) is 0 Å². The van der Waals surface area contributed by atoms with Crippen molar-refractivity contribution in [2.45, 2.75) is 64.8 Å². The number of nitrogens with zero attached hydrogens (tertiary/aromatic N) is 1. The molecule has 8 nitrogen and oxygen atoms in total. The molecule has 1 aromatic rings. The van der Waals surface area contributed by atoms with Crippen LogP contribution >= 0.6 is 11.8 Å². The SMILES string of the molecule is CC(C)C(=O)C(=O)N[C@@H](Cc1ccccc1)[C@H](O)C(=O)N1CSCC1C(=O)NC(C)(C)C. The first-order chi connectivity index (χ1) is 14.9. The van der Waals surface area contributed by atoms with Gasteiger partial charge in [0.05, 0.1) is 11.9 Å². The summed E-state index contributed by atoms with van der Waals surface area (Å²) in [5.41, 5.74) is 0.332. The van der Waals surface area contributed by atoms with Gasteiger partial charge in [-0.3, -0.25) is 19.2 Å². The molecule has 0 bridgehead atoms. The Morgan fingerprint density at radius 2 is 1.78 bits per heavy atom. The lowest BCUT2D eigenvalue weighted by molar-refractivity contribution is -0.148. The molecule has 1 aromatic carbocycles. The van der Waals surface area contributed by atoms with Gasteiger partial charge in [-0.25, -0.2) is 0 Å². The summed E-state index contributed by atoms with van der Waals surface area (Å²) < 4.78 is 0. The molecule has 0 aliphatic carbocycles. The number of amides is 3. The first-order valence-corrected chi connectivity index (χ1v) is 11.8. The Morgan fingerprint density at radius 3 is 2.34 bits per heavy atom. The molecule has 3 amide bonds. The number of aliphatic hydroxyl groups is 1. The van der Waals surface area contributed by atoms with Gasteiger partial charge in [0.25, 0.3) is 11.8 Å². The van der Waals surface area contributed by atoms with Crippen molar-refractivity contribution in [2.24, 2.45) is 5.92 Å². The number of hydrogen-bond acceptors (Lipinski definition) is 6. The number of benzene rings is 1. The lowest BCUT2D eigenvalue weighted by Crippen LogP contribution is -2.58. The Balaban J connectivity index is 2.21. The Morgan fingerprint density at radius 1 is 1.16 bits per heavy atom. The van der Waals surface area contributed by atoms with Gasteiger partial charge in [0.1, 0.15) is 6.04 Å². The van der Waals surface area contributed by atoms with Crippen LogP contribution in [0.4, 0.5) is 0 Å². The van der Waals surface area contributed by atoms with E-state index in [1.165, 1.54) is 16.7 Å². The van der Waals surface area contributed by atoms with E-state index in [-0.39, 0.29) is 18.2 Å². The molecule has 1 heterocycles. The van der Waals surface area contributed by atoms with Crippen LogP contribution in [0.15, 0.2) is 30.3 Å². The summed E-state index contributed by atoms with van der Waals surface area (Å²) in [7, 11) is 0. The maximum absolute atomic E-state index is 13.2. The van der Waals surface area contributed by atoms with E-state index >= 15 is 0 Å². The normalized spacial score (nSPS) is 18.2. The summed E-state index contributed by atoms with van der Waals surface area (Å²) in [6.07, 6.45) is -1.45. The fourth-order valence-electron chi connectivity index (χ4n) is 3.28. The standard InChI is InChI=1S/C23H33N3O5S/c1-14(2)18(27)21(30)24-16(11-15-9-7-6-8-10-15)19(28)22(31)26-13-32-12-17(26)20(29)25-23(3,4)5/h6-10,14,16-17,19,28H,11-13H2,1-5H3,(H,24,30)(H,25,29)/t16-,17?,19-/m0/s1. The van der Waals surface area contributed by atoms with E-state index in [1.807, 2.05) is 51.1 Å². The summed E-state index contributed by atoms with van der Waals surface area (Å²) in [6, 6.07) is 7.35. The van der Waals surface area contributed by atoms with Gasteiger partial charge in [0, 0.05) is 17.2 Å². The predicted octanol–water partition coefficient (Wildman–Crippen LogP) is 1.12. The quantitative estimate of drug-likeness (QED) is 0.498. The van der Waals surface area contributed by atoms with Crippen molar-refractivity contribution in [1.29, 1.82) is 0 Å². The molecule has 1 aliphatic rings. The van der Waals surface area contributed by atoms with Gasteiger partial charge < -0.3 is 20.6 Å². The van der Waals surface area contributed by atoms with Gasteiger partial charge in [-0.1, -0.05) is 44.2 Å². The summed E-state index contributed by atoms with van der Waals surface area (Å²) in [5.74, 6) is -2.24. The molecule has 2 rings (SSSR count). The van der Waals surface area contributed by atoms with E-state index < -0.39 is 47.2 Å². The highest BCUT2D eigenvalue weighted by molar-refractivity contribution is 7.99. The minimum atomic E-state index is -1.61. The molecule has 176 valence electrons. The van der Waals surface area contributed by atoms with Crippen LogP contribution in [0, 0.1) is 5.92 Å². The van der Waals surface area contributed by atoms with E-state index in [0.29, 0.717) is 5.75 Å². The first kappa shape index (κ1) is 25.9. The number of Topliss-reactive ketones (excluding diaryl/α,β-unsaturated/α-hetero) is 1. The number of thioether (sulfide) groups is 1. The third-order valence-corrected chi connectivity index (χ3v) is 5.98. The fourth-order valence-corrected chi connectivity index (χ4v) is 4.45. The van der Waals surface area contributed by atoms with E-state index in [2.05, 4.69) is 10.6 Å². The first-order valence-electron chi connectivity index (χ1n) is 10.7. The third kappa shape index (κ3) is 7.06. The van der Waals surface area contributed by atoms with E-state index in [9.17, 15) is 24.3 Å². The van der Waals surface area contributed by atoms with Crippen molar-refractivity contribution < 1.29 is 24.3 Å². The molecule has 1 fully saturated rings. The van der Waals surface area contributed by atoms with Crippen LogP contribution in [-0.4, -0.2) is 68.9 Å². The maximum Gasteiger partial charge on any atom is 0.287 e. The van der Waals surface area contributed by atoms with Gasteiger partial charge in [-0.05, 0) is 32.8 Å². The number of ketones is 1. The van der Waals surface area contributed by atoms with Gasteiger partial charge in [-0.2, -0.15) is 0 Å². The molecular weight excluding hydrogens is 430 g/mol. The van der Waals surface area contributed by atoms with Crippen molar-refractivity contribution in [2.75, 3.05) is 11.6 Å². The maximum atomic E-state index is 13.2. The van der Waals surface area contributed by atoms with Crippen LogP contribution in [0.25, 0.3) is 0 Å². The Hall–Kier alpha value is -2.39. The molecule has 0 saturated carbocycles. The van der Waals surface area contributed by atoms with E-state index in [1.54, 1.807) is 13.8 Å². The summed E-state index contributed by atoms with van der Waals surface area (Å²) in [5, 5.41) is 16.4. The van der Waals surface area contributed by atoms with Crippen LogP contribution in [0.5, 0.6) is 0 Å². The second-order valence-electron chi connectivity index (χ2n) is 9.30. The van der Waals surface area contributed by atoms with Gasteiger partial charge in [-0.15, -0.1) is 11.8 Å². The van der Waals surface area contributed by atoms with Gasteiger partial charge in [0.2, 0.25) is 11.7 Å². The van der Waals surface area contributed by atoms with Crippen LogP contribution in [0.1, 0.15) is 40.2 Å². The molecular formula is C23H33N3O5S. The summed E-state index contributed by atoms with van der Waals surface area (Å²) in [4.78, 5) is 51.7. The van der Waals surface area contributed by atoms with Crippen molar-refractivity contribution in [3.63, 3.8) is 0 Å². The molecule has 32 heavy (non-hydrogen) atoms. The zero-order chi connectivity index (χ0) is 24.1. The van der Waals surface area contributed by atoms with Gasteiger partial charge in [0.15, 0.2) is 6.10 Å². The molecule has 0 aromatic heterocycles. The number of rotatable bonds is 8. The number of nitrogens with one attached hydrogen (secondary N) is 2. The number of carbonyl (C=O) groups excluding carboxylic acids is 4. The lowest BCUT2D eigenvalue weighted by atomic mass is 9.98. The van der Waals surface area contributed by atoms with Crippen LogP contribution in [0.3, 0.4) is 0 Å². The Labute approximate surface area is 193 Å². The third-order valence-electron chi connectivity index (χ3n) is 4.96. The topological polar surface area (TPSA) is 116 Å². The highest BCUT2D eigenvalue weighted by Crippen LogP contribution is 2.23. The molecule has 1 aliphatic heterocycles. The molecule has 1 unspecified atom stereocenters. The number of aliphatic hydroxyl groups excluding tert-OH is 1.